The second-order valence-corrected chi connectivity index (χ2v) is 5.48. The van der Waals surface area contributed by atoms with Crippen LogP contribution in [-0.4, -0.2) is 22.1 Å². The van der Waals surface area contributed by atoms with Gasteiger partial charge in [0.2, 0.25) is 0 Å². The molecule has 0 radical (unpaired) electrons. The van der Waals surface area contributed by atoms with Crippen LogP contribution in [0, 0.1) is 5.92 Å². The van der Waals surface area contributed by atoms with Crippen LogP contribution >= 0.6 is 0 Å². The highest BCUT2D eigenvalue weighted by atomic mass is 15.1. The number of nitrogens with one attached hydrogen (secondary N) is 1. The summed E-state index contributed by atoms with van der Waals surface area (Å²) in [7, 11) is 0. The molecule has 1 aliphatic rings. The Bertz CT molecular complexity index is 341. The van der Waals surface area contributed by atoms with E-state index in [-0.39, 0.29) is 0 Å². The fourth-order valence-corrected chi connectivity index (χ4v) is 2.26. The average molecular weight is 221 g/mol. The van der Waals surface area contributed by atoms with Gasteiger partial charge in [-0.05, 0) is 32.7 Å². The maximum Gasteiger partial charge on any atom is 0.0950 e. The monoisotopic (exact) mass is 221 g/mol. The van der Waals surface area contributed by atoms with Gasteiger partial charge in [0.05, 0.1) is 6.33 Å². The molecule has 0 bridgehead atoms. The first kappa shape index (κ1) is 11.6. The zero-order valence-electron chi connectivity index (χ0n) is 10.8. The van der Waals surface area contributed by atoms with Crippen molar-refractivity contribution in [1.82, 2.24) is 14.9 Å². The number of aromatic nitrogens is 2. The second kappa shape index (κ2) is 4.58. The molecule has 1 fully saturated rings. The topological polar surface area (TPSA) is 29.9 Å². The molecule has 0 aromatic carbocycles. The molecule has 1 heterocycles. The number of imidazole rings is 1. The lowest BCUT2D eigenvalue weighted by Gasteiger charge is -2.12. The Hall–Kier alpha value is -0.830. The Morgan fingerprint density at radius 1 is 1.44 bits per heavy atom. The van der Waals surface area contributed by atoms with Crippen molar-refractivity contribution in [2.75, 3.05) is 6.54 Å². The number of hydrogen-bond acceptors (Lipinski definition) is 2. The van der Waals surface area contributed by atoms with Crippen molar-refractivity contribution in [1.29, 1.82) is 0 Å². The molecule has 3 heteroatoms. The Balaban J connectivity index is 1.93. The summed E-state index contributed by atoms with van der Waals surface area (Å²) in [6, 6.07) is 1.12. The van der Waals surface area contributed by atoms with Gasteiger partial charge in [0.1, 0.15) is 0 Å². The summed E-state index contributed by atoms with van der Waals surface area (Å²) >= 11 is 0. The number of rotatable bonds is 5. The molecule has 1 aliphatic carbocycles. The van der Waals surface area contributed by atoms with Crippen LogP contribution in [0.4, 0.5) is 0 Å². The number of nitrogens with zero attached hydrogens (tertiary/aromatic N) is 2. The fraction of sp³-hybridized carbons (Fsp3) is 0.769. The van der Waals surface area contributed by atoms with Gasteiger partial charge in [0.15, 0.2) is 0 Å². The Morgan fingerprint density at radius 2 is 2.19 bits per heavy atom. The summed E-state index contributed by atoms with van der Waals surface area (Å²) in [5.74, 6) is 1.55. The van der Waals surface area contributed by atoms with Gasteiger partial charge in [-0.25, -0.2) is 4.98 Å². The zero-order chi connectivity index (χ0) is 11.7. The first-order valence-electron chi connectivity index (χ1n) is 6.34. The van der Waals surface area contributed by atoms with E-state index in [2.05, 4.69) is 42.6 Å². The van der Waals surface area contributed by atoms with E-state index in [0.29, 0.717) is 12.1 Å². The van der Waals surface area contributed by atoms with Crippen molar-refractivity contribution in [3.05, 3.63) is 18.2 Å². The smallest absolute Gasteiger partial charge is 0.0950 e. The molecule has 1 N–H and O–H groups in total. The maximum absolute atomic E-state index is 4.28. The first-order valence-corrected chi connectivity index (χ1v) is 6.34. The van der Waals surface area contributed by atoms with Gasteiger partial charge in [-0.1, -0.05) is 13.8 Å². The largest absolute Gasteiger partial charge is 0.332 e. The van der Waals surface area contributed by atoms with Crippen molar-refractivity contribution in [2.24, 2.45) is 5.92 Å². The molecular weight excluding hydrogens is 198 g/mol. The van der Waals surface area contributed by atoms with E-state index in [0.717, 1.165) is 18.4 Å². The van der Waals surface area contributed by atoms with Gasteiger partial charge in [0, 0.05) is 29.9 Å². The molecule has 1 aromatic heterocycles. The molecule has 2 atom stereocenters. The predicted octanol–water partition coefficient (Wildman–Crippen LogP) is 2.57. The standard InChI is InChI=1S/C13H23N3/c1-9(2)15-6-11-5-12(11)13-7-14-8-16(13)10(3)4/h7-12,15H,5-6H2,1-4H3. The highest BCUT2D eigenvalue weighted by molar-refractivity contribution is 5.17. The van der Waals surface area contributed by atoms with E-state index < -0.39 is 0 Å². The molecule has 1 aromatic rings. The summed E-state index contributed by atoms with van der Waals surface area (Å²) in [4.78, 5) is 4.28. The van der Waals surface area contributed by atoms with E-state index in [1.165, 1.54) is 12.1 Å². The van der Waals surface area contributed by atoms with Gasteiger partial charge in [-0.3, -0.25) is 0 Å². The molecule has 0 aliphatic heterocycles. The summed E-state index contributed by atoms with van der Waals surface area (Å²) < 4.78 is 2.31. The minimum Gasteiger partial charge on any atom is -0.332 e. The van der Waals surface area contributed by atoms with Crippen LogP contribution in [0.15, 0.2) is 12.5 Å². The summed E-state index contributed by atoms with van der Waals surface area (Å²) in [5.41, 5.74) is 1.42. The first-order chi connectivity index (χ1) is 7.59. The molecule has 0 spiro atoms. The van der Waals surface area contributed by atoms with Crippen molar-refractivity contribution >= 4 is 0 Å². The lowest BCUT2D eigenvalue weighted by atomic mass is 10.2. The molecule has 16 heavy (non-hydrogen) atoms. The van der Waals surface area contributed by atoms with Crippen LogP contribution in [-0.2, 0) is 0 Å². The molecular formula is C13H23N3. The third kappa shape index (κ3) is 2.46. The van der Waals surface area contributed by atoms with E-state index in [4.69, 9.17) is 0 Å². The van der Waals surface area contributed by atoms with E-state index >= 15 is 0 Å². The lowest BCUT2D eigenvalue weighted by molar-refractivity contribution is 0.538. The lowest BCUT2D eigenvalue weighted by Crippen LogP contribution is -2.25. The highest BCUT2D eigenvalue weighted by Gasteiger charge is 2.40. The Morgan fingerprint density at radius 3 is 2.81 bits per heavy atom. The summed E-state index contributed by atoms with van der Waals surface area (Å²) in [6.07, 6.45) is 5.32. The van der Waals surface area contributed by atoms with Gasteiger partial charge in [0.25, 0.3) is 0 Å². The highest BCUT2D eigenvalue weighted by Crippen LogP contribution is 2.47. The van der Waals surface area contributed by atoms with Crippen molar-refractivity contribution in [3.8, 4) is 0 Å². The van der Waals surface area contributed by atoms with Crippen LogP contribution in [0.25, 0.3) is 0 Å². The second-order valence-electron chi connectivity index (χ2n) is 5.48. The third-order valence-corrected chi connectivity index (χ3v) is 3.34. The van der Waals surface area contributed by atoms with Gasteiger partial charge in [-0.2, -0.15) is 0 Å². The van der Waals surface area contributed by atoms with Crippen LogP contribution in [0.1, 0.15) is 51.8 Å². The van der Waals surface area contributed by atoms with Crippen molar-refractivity contribution < 1.29 is 0 Å². The molecule has 1 saturated carbocycles. The van der Waals surface area contributed by atoms with Crippen molar-refractivity contribution in [3.63, 3.8) is 0 Å². The van der Waals surface area contributed by atoms with Crippen LogP contribution in [0.5, 0.6) is 0 Å². The molecule has 90 valence electrons. The average Bonchev–Trinajstić information content (AvgIpc) is 2.80. The quantitative estimate of drug-likeness (QED) is 0.828. The van der Waals surface area contributed by atoms with Crippen LogP contribution in [0.3, 0.4) is 0 Å². The molecule has 0 saturated heterocycles. The minimum atomic E-state index is 0.525. The van der Waals surface area contributed by atoms with Gasteiger partial charge in [-0.15, -0.1) is 0 Å². The summed E-state index contributed by atoms with van der Waals surface area (Å²) in [6.45, 7) is 9.99. The molecule has 0 amide bonds. The van der Waals surface area contributed by atoms with Gasteiger partial charge >= 0.3 is 0 Å². The van der Waals surface area contributed by atoms with Crippen LogP contribution < -0.4 is 5.32 Å². The molecule has 2 rings (SSSR count). The van der Waals surface area contributed by atoms with E-state index in [1.54, 1.807) is 0 Å². The predicted molar refractivity (Wildman–Crippen MR) is 66.6 cm³/mol. The third-order valence-electron chi connectivity index (χ3n) is 3.34. The Kier molecular flexibility index (Phi) is 3.33. The fourth-order valence-electron chi connectivity index (χ4n) is 2.26. The zero-order valence-corrected chi connectivity index (χ0v) is 10.8. The van der Waals surface area contributed by atoms with Crippen molar-refractivity contribution in [2.45, 2.75) is 52.1 Å². The summed E-state index contributed by atoms with van der Waals surface area (Å²) in [5, 5.41) is 3.52. The molecule has 2 unspecified atom stereocenters. The van der Waals surface area contributed by atoms with E-state index in [1.807, 2.05) is 12.5 Å². The SMILES string of the molecule is CC(C)NCC1CC1c1cncn1C(C)C. The maximum atomic E-state index is 4.28. The minimum absolute atomic E-state index is 0.525. The Labute approximate surface area is 98.3 Å². The van der Waals surface area contributed by atoms with Gasteiger partial charge < -0.3 is 9.88 Å². The number of hydrogen-bond donors (Lipinski definition) is 1. The normalized spacial score (nSPS) is 24.4. The van der Waals surface area contributed by atoms with Crippen LogP contribution in [0.2, 0.25) is 0 Å². The molecule has 3 nitrogen and oxygen atoms in total. The van der Waals surface area contributed by atoms with E-state index in [9.17, 15) is 0 Å².